The second-order valence-electron chi connectivity index (χ2n) is 7.74. The van der Waals surface area contributed by atoms with Crippen LogP contribution in [0.5, 0.6) is 5.75 Å². The third kappa shape index (κ3) is 7.96. The number of methoxy groups -OCH3 is 1. The van der Waals surface area contributed by atoms with E-state index in [1.165, 1.54) is 24.0 Å². The molecule has 1 atom stereocenters. The molecule has 31 heavy (non-hydrogen) atoms. The molecule has 1 aromatic heterocycles. The highest BCUT2D eigenvalue weighted by Crippen LogP contribution is 2.27. The summed E-state index contributed by atoms with van der Waals surface area (Å²) in [5.41, 5.74) is 3.55. The number of nitrogens with one attached hydrogen (secondary N) is 2. The second kappa shape index (κ2) is 13.5. The Balaban J connectivity index is 0.00000341. The number of guanidine groups is 1. The maximum atomic E-state index is 5.45. The minimum atomic E-state index is 0. The average molecular weight is 537 g/mol. The minimum absolute atomic E-state index is 0. The molecule has 1 aliphatic heterocycles. The van der Waals surface area contributed by atoms with Gasteiger partial charge in [0.15, 0.2) is 5.96 Å². The van der Waals surface area contributed by atoms with Crippen molar-refractivity contribution in [3.05, 3.63) is 59.4 Å². The molecule has 0 amide bonds. The van der Waals surface area contributed by atoms with Crippen molar-refractivity contribution in [2.24, 2.45) is 4.99 Å². The van der Waals surface area contributed by atoms with E-state index in [1.807, 2.05) is 19.2 Å². The van der Waals surface area contributed by atoms with Crippen LogP contribution in [0.3, 0.4) is 0 Å². The molecule has 2 N–H and O–H groups in total. The van der Waals surface area contributed by atoms with Gasteiger partial charge < -0.3 is 15.4 Å². The van der Waals surface area contributed by atoms with Crippen molar-refractivity contribution in [2.75, 3.05) is 39.8 Å². The summed E-state index contributed by atoms with van der Waals surface area (Å²) in [4.78, 5) is 11.8. The molecule has 2 aromatic rings. The van der Waals surface area contributed by atoms with Gasteiger partial charge in [0.2, 0.25) is 0 Å². The Kier molecular flexibility index (Phi) is 11.1. The summed E-state index contributed by atoms with van der Waals surface area (Å²) in [6.45, 7) is 8.74. The van der Waals surface area contributed by atoms with Crippen molar-refractivity contribution in [3.63, 3.8) is 0 Å². The summed E-state index contributed by atoms with van der Waals surface area (Å²) < 4.78 is 5.45. The van der Waals surface area contributed by atoms with Gasteiger partial charge in [-0.2, -0.15) is 0 Å². The number of aromatic nitrogens is 1. The molecule has 1 aromatic carbocycles. The molecule has 0 radical (unpaired) electrons. The number of aryl methyl sites for hydroxylation is 1. The lowest BCUT2D eigenvalue weighted by Crippen LogP contribution is -2.39. The topological polar surface area (TPSA) is 61.8 Å². The van der Waals surface area contributed by atoms with Crippen LogP contribution < -0.4 is 15.4 Å². The lowest BCUT2D eigenvalue weighted by molar-refractivity contribution is 0.251. The number of ether oxygens (including phenoxy) is 1. The van der Waals surface area contributed by atoms with Crippen LogP contribution >= 0.6 is 24.0 Å². The molecule has 6 nitrogen and oxygen atoms in total. The highest BCUT2D eigenvalue weighted by Gasteiger charge is 2.23. The van der Waals surface area contributed by atoms with Crippen LogP contribution in [0.25, 0.3) is 0 Å². The van der Waals surface area contributed by atoms with Crippen LogP contribution in [-0.2, 0) is 6.42 Å². The minimum Gasteiger partial charge on any atom is -0.497 e. The maximum Gasteiger partial charge on any atom is 0.191 e. The predicted octanol–water partition coefficient (Wildman–Crippen LogP) is 3.95. The Bertz CT molecular complexity index is 806. The summed E-state index contributed by atoms with van der Waals surface area (Å²) in [5, 5.41) is 6.85. The van der Waals surface area contributed by atoms with E-state index in [-0.39, 0.29) is 30.0 Å². The fourth-order valence-corrected chi connectivity index (χ4v) is 3.82. The molecule has 0 saturated carbocycles. The number of pyridine rings is 1. The Morgan fingerprint density at radius 3 is 2.68 bits per heavy atom. The van der Waals surface area contributed by atoms with E-state index in [9.17, 15) is 0 Å². The highest BCUT2D eigenvalue weighted by molar-refractivity contribution is 14.0. The van der Waals surface area contributed by atoms with Gasteiger partial charge in [-0.05, 0) is 75.5 Å². The fourth-order valence-electron chi connectivity index (χ4n) is 3.82. The first-order valence-corrected chi connectivity index (χ1v) is 11.0. The van der Waals surface area contributed by atoms with Gasteiger partial charge in [0.05, 0.1) is 19.7 Å². The molecule has 0 bridgehead atoms. The van der Waals surface area contributed by atoms with E-state index in [1.54, 1.807) is 7.11 Å². The quantitative estimate of drug-likeness (QED) is 0.288. The van der Waals surface area contributed by atoms with E-state index in [4.69, 9.17) is 9.73 Å². The van der Waals surface area contributed by atoms with Crippen LogP contribution in [0.4, 0.5) is 0 Å². The van der Waals surface area contributed by atoms with Gasteiger partial charge in [0, 0.05) is 25.0 Å². The highest BCUT2D eigenvalue weighted by atomic mass is 127. The van der Waals surface area contributed by atoms with Crippen LogP contribution in [0.1, 0.15) is 42.6 Å². The molecular formula is C24H36IN5O. The molecule has 7 heteroatoms. The summed E-state index contributed by atoms with van der Waals surface area (Å²) >= 11 is 0. The number of hydrogen-bond donors (Lipinski definition) is 2. The molecule has 3 rings (SSSR count). The summed E-state index contributed by atoms with van der Waals surface area (Å²) in [7, 11) is 1.72. The van der Waals surface area contributed by atoms with Gasteiger partial charge in [-0.3, -0.25) is 14.9 Å². The third-order valence-electron chi connectivity index (χ3n) is 5.51. The lowest BCUT2D eigenvalue weighted by atomic mass is 10.1. The van der Waals surface area contributed by atoms with Crippen molar-refractivity contribution in [3.8, 4) is 5.75 Å². The summed E-state index contributed by atoms with van der Waals surface area (Å²) in [6.07, 6.45) is 5.39. The molecular weight excluding hydrogens is 501 g/mol. The third-order valence-corrected chi connectivity index (χ3v) is 5.51. The fraction of sp³-hybridized carbons (Fsp3) is 0.500. The number of hydrogen-bond acceptors (Lipinski definition) is 4. The van der Waals surface area contributed by atoms with E-state index < -0.39 is 0 Å². The normalized spacial score (nSPS) is 15.3. The number of benzene rings is 1. The predicted molar refractivity (Wildman–Crippen MR) is 139 cm³/mol. The second-order valence-corrected chi connectivity index (χ2v) is 7.74. The van der Waals surface area contributed by atoms with Crippen molar-refractivity contribution in [2.45, 2.75) is 39.2 Å². The van der Waals surface area contributed by atoms with Gasteiger partial charge in [0.25, 0.3) is 0 Å². The first kappa shape index (κ1) is 25.4. The van der Waals surface area contributed by atoms with Crippen LogP contribution in [0, 0.1) is 6.92 Å². The number of halogens is 1. The van der Waals surface area contributed by atoms with E-state index in [0.29, 0.717) is 6.54 Å². The lowest BCUT2D eigenvalue weighted by Gasteiger charge is -2.27. The first-order chi connectivity index (χ1) is 14.7. The Labute approximate surface area is 203 Å². The number of nitrogens with zero attached hydrogens (tertiary/aromatic N) is 3. The smallest absolute Gasteiger partial charge is 0.191 e. The zero-order valence-corrected chi connectivity index (χ0v) is 21.3. The summed E-state index contributed by atoms with van der Waals surface area (Å²) in [6, 6.07) is 12.9. The van der Waals surface area contributed by atoms with Gasteiger partial charge in [0.1, 0.15) is 5.75 Å². The standard InChI is InChI=1S/C24H35N5O.HI/c1-4-25-24(26-13-12-20-11-10-19(2)27-17-20)28-18-23(29-14-5-6-15-29)21-8-7-9-22(16-21)30-3;/h7-11,16-17,23H,4-6,12-15,18H2,1-3H3,(H2,25,26,28);1H. The van der Waals surface area contributed by atoms with Crippen molar-refractivity contribution < 1.29 is 4.74 Å². The molecule has 1 fully saturated rings. The molecule has 1 unspecified atom stereocenters. The van der Waals surface area contributed by atoms with Crippen molar-refractivity contribution in [1.82, 2.24) is 20.5 Å². The van der Waals surface area contributed by atoms with Gasteiger partial charge >= 0.3 is 0 Å². The zero-order valence-electron chi connectivity index (χ0n) is 18.9. The number of aliphatic imine (C=N–C) groups is 1. The zero-order chi connectivity index (χ0) is 21.2. The largest absolute Gasteiger partial charge is 0.497 e. The molecule has 1 aliphatic rings. The first-order valence-electron chi connectivity index (χ1n) is 11.0. The van der Waals surface area contributed by atoms with E-state index in [2.05, 4.69) is 57.8 Å². The number of likely N-dealkylation sites (tertiary alicyclic amines) is 1. The van der Waals surface area contributed by atoms with E-state index in [0.717, 1.165) is 50.0 Å². The molecule has 0 spiro atoms. The Morgan fingerprint density at radius 2 is 2.00 bits per heavy atom. The van der Waals surface area contributed by atoms with Crippen LogP contribution in [0.2, 0.25) is 0 Å². The van der Waals surface area contributed by atoms with Gasteiger partial charge in [-0.15, -0.1) is 24.0 Å². The SMILES string of the molecule is CCNC(=NCC(c1cccc(OC)c1)N1CCCC1)NCCc1ccc(C)nc1.I. The maximum absolute atomic E-state index is 5.45. The molecule has 1 saturated heterocycles. The monoisotopic (exact) mass is 537 g/mol. The van der Waals surface area contributed by atoms with Crippen molar-refractivity contribution in [1.29, 1.82) is 0 Å². The molecule has 0 aliphatic carbocycles. The van der Waals surface area contributed by atoms with Gasteiger partial charge in [-0.1, -0.05) is 18.2 Å². The Hall–Kier alpha value is -1.87. The van der Waals surface area contributed by atoms with Gasteiger partial charge in [-0.25, -0.2) is 0 Å². The van der Waals surface area contributed by atoms with Crippen LogP contribution in [0.15, 0.2) is 47.6 Å². The Morgan fingerprint density at radius 1 is 1.19 bits per heavy atom. The van der Waals surface area contributed by atoms with E-state index >= 15 is 0 Å². The average Bonchev–Trinajstić information content (AvgIpc) is 3.30. The van der Waals surface area contributed by atoms with Crippen LogP contribution in [-0.4, -0.2) is 55.7 Å². The van der Waals surface area contributed by atoms with Crippen molar-refractivity contribution >= 4 is 29.9 Å². The molecule has 2 heterocycles. The summed E-state index contributed by atoms with van der Waals surface area (Å²) in [5.74, 6) is 1.77. The number of rotatable bonds is 9. The molecule has 170 valence electrons.